The van der Waals surface area contributed by atoms with Crippen LogP contribution in [0.4, 0.5) is 28.4 Å². The molecule has 0 heterocycles. The van der Waals surface area contributed by atoms with Gasteiger partial charge in [0.25, 0.3) is 5.91 Å². The molecule has 3 rings (SSSR count). The minimum absolute atomic E-state index is 0.00168. The number of benzene rings is 3. The Morgan fingerprint density at radius 1 is 0.623 bits per heavy atom. The molecule has 0 fully saturated rings. The highest BCUT2D eigenvalue weighted by Gasteiger charge is 2.34. The molecule has 12 nitrogen and oxygen atoms in total. The highest BCUT2D eigenvalue weighted by molar-refractivity contribution is 6.04. The van der Waals surface area contributed by atoms with Crippen molar-refractivity contribution in [2.75, 3.05) is 31.7 Å². The molecule has 3 aromatic carbocycles. The fourth-order valence-corrected chi connectivity index (χ4v) is 4.02. The average Bonchev–Trinajstić information content (AvgIpc) is 3.14. The van der Waals surface area contributed by atoms with E-state index in [-0.39, 0.29) is 49.1 Å². The molecule has 0 unspecified atom stereocenters. The molecule has 0 saturated carbocycles. The van der Waals surface area contributed by atoms with E-state index in [0.717, 1.165) is 24.3 Å². The van der Waals surface area contributed by atoms with E-state index in [2.05, 4.69) is 30.3 Å². The predicted octanol–water partition coefficient (Wildman–Crippen LogP) is 7.41. The number of amides is 1. The fourth-order valence-electron chi connectivity index (χ4n) is 4.02. The number of ether oxygens (including phenoxy) is 6. The van der Waals surface area contributed by atoms with Crippen molar-refractivity contribution < 1.29 is 65.6 Å². The van der Waals surface area contributed by atoms with Crippen molar-refractivity contribution in [2.24, 2.45) is 0 Å². The minimum atomic E-state index is -4.83. The van der Waals surface area contributed by atoms with Crippen molar-refractivity contribution in [3.8, 4) is 23.3 Å². The summed E-state index contributed by atoms with van der Waals surface area (Å²) in [4.78, 5) is 58.5. The zero-order valence-corrected chi connectivity index (χ0v) is 28.2. The van der Waals surface area contributed by atoms with Crippen LogP contribution in [0.1, 0.15) is 52.7 Å². The molecule has 0 atom stereocenters. The Hall–Kier alpha value is -6.56. The number of hydrogen-bond acceptors (Lipinski definition) is 11. The van der Waals surface area contributed by atoms with Gasteiger partial charge in [-0.1, -0.05) is 25.0 Å². The Kier molecular flexibility index (Phi) is 16.2. The van der Waals surface area contributed by atoms with Crippen LogP contribution >= 0.6 is 0 Å². The number of hydrogen-bond donors (Lipinski definition) is 1. The molecule has 0 aliphatic carbocycles. The van der Waals surface area contributed by atoms with Crippen LogP contribution in [0.2, 0.25) is 0 Å². The average molecular weight is 738 g/mol. The van der Waals surface area contributed by atoms with E-state index in [1.165, 1.54) is 54.6 Å². The molecule has 0 aromatic heterocycles. The lowest BCUT2D eigenvalue weighted by molar-refractivity contribution is -0.138. The summed E-state index contributed by atoms with van der Waals surface area (Å²) in [7, 11) is 0. The van der Waals surface area contributed by atoms with Gasteiger partial charge in [-0.3, -0.25) is 4.79 Å². The van der Waals surface area contributed by atoms with Crippen molar-refractivity contribution in [3.63, 3.8) is 0 Å². The van der Waals surface area contributed by atoms with E-state index in [1.807, 2.05) is 0 Å². The van der Waals surface area contributed by atoms with Gasteiger partial charge in [0, 0.05) is 28.8 Å². The Bertz CT molecular complexity index is 1830. The van der Waals surface area contributed by atoms with Gasteiger partial charge >= 0.3 is 30.4 Å². The molecule has 278 valence electrons. The molecule has 3 aromatic rings. The molecule has 0 aliphatic rings. The Balaban J connectivity index is 1.51. The van der Waals surface area contributed by atoms with Crippen molar-refractivity contribution in [2.45, 2.75) is 31.9 Å². The van der Waals surface area contributed by atoms with Crippen LogP contribution in [0.5, 0.6) is 11.5 Å². The lowest BCUT2D eigenvalue weighted by Gasteiger charge is -2.14. The van der Waals surface area contributed by atoms with E-state index in [0.29, 0.717) is 31.2 Å². The van der Waals surface area contributed by atoms with Crippen LogP contribution in [0.15, 0.2) is 92.0 Å². The molecule has 1 amide bonds. The van der Waals surface area contributed by atoms with Gasteiger partial charge in [0.05, 0.1) is 37.7 Å². The Labute approximate surface area is 302 Å². The van der Waals surface area contributed by atoms with Gasteiger partial charge in [0.2, 0.25) is 0 Å². The Morgan fingerprint density at radius 3 is 1.53 bits per heavy atom. The van der Waals surface area contributed by atoms with Crippen LogP contribution in [-0.4, -0.2) is 56.6 Å². The fraction of sp³-hybridized carbons (Fsp3) is 0.237. The van der Waals surface area contributed by atoms with Crippen molar-refractivity contribution in [3.05, 3.63) is 114 Å². The first-order valence-corrected chi connectivity index (χ1v) is 15.9. The number of carbonyl (C=O) groups is 5. The topological polar surface area (TPSA) is 153 Å². The highest BCUT2D eigenvalue weighted by atomic mass is 19.4. The van der Waals surface area contributed by atoms with Gasteiger partial charge in [-0.25, -0.2) is 19.2 Å². The summed E-state index contributed by atoms with van der Waals surface area (Å²) in [5.74, 6) is 3.61. The SMILES string of the molecule is C=CC(=O)OCCCCOC(=O)Oc1ccc(C#Cc2ccc(NC(=O)c3ccc(OC(=O)OCCCCOC(=O)C=C)cc3)c(C(F)(F)F)c2)cc1. The second-order valence-corrected chi connectivity index (χ2v) is 10.6. The van der Waals surface area contributed by atoms with Crippen LogP contribution < -0.4 is 14.8 Å². The van der Waals surface area contributed by atoms with Gasteiger partial charge < -0.3 is 33.7 Å². The Morgan fingerprint density at radius 2 is 1.06 bits per heavy atom. The van der Waals surface area contributed by atoms with E-state index in [4.69, 9.17) is 28.4 Å². The van der Waals surface area contributed by atoms with E-state index >= 15 is 0 Å². The monoisotopic (exact) mass is 737 g/mol. The van der Waals surface area contributed by atoms with Crippen LogP contribution in [0.3, 0.4) is 0 Å². The van der Waals surface area contributed by atoms with Gasteiger partial charge in [0.1, 0.15) is 11.5 Å². The number of rotatable bonds is 16. The van der Waals surface area contributed by atoms with Crippen molar-refractivity contribution in [1.82, 2.24) is 0 Å². The number of carbonyl (C=O) groups excluding carboxylic acids is 5. The second-order valence-electron chi connectivity index (χ2n) is 10.6. The predicted molar refractivity (Wildman–Crippen MR) is 183 cm³/mol. The number of halogens is 3. The first-order valence-electron chi connectivity index (χ1n) is 15.9. The molecule has 0 radical (unpaired) electrons. The molecular formula is C38H34F3NO11. The maximum Gasteiger partial charge on any atom is 0.513 e. The van der Waals surface area contributed by atoms with Crippen molar-refractivity contribution in [1.29, 1.82) is 0 Å². The first kappa shape index (κ1) is 40.9. The number of unbranched alkanes of at least 4 members (excludes halogenated alkanes) is 2. The molecule has 0 spiro atoms. The third-order valence-corrected chi connectivity index (χ3v) is 6.64. The van der Waals surface area contributed by atoms with Gasteiger partial charge in [0.15, 0.2) is 0 Å². The second kappa shape index (κ2) is 21.0. The third-order valence-electron chi connectivity index (χ3n) is 6.64. The van der Waals surface area contributed by atoms with Gasteiger partial charge in [-0.2, -0.15) is 13.2 Å². The van der Waals surface area contributed by atoms with Crippen molar-refractivity contribution >= 4 is 35.8 Å². The largest absolute Gasteiger partial charge is 0.513 e. The molecule has 0 saturated heterocycles. The first-order chi connectivity index (χ1) is 25.4. The molecule has 53 heavy (non-hydrogen) atoms. The zero-order chi connectivity index (χ0) is 38.6. The lowest BCUT2D eigenvalue weighted by Crippen LogP contribution is -2.17. The van der Waals surface area contributed by atoms with Crippen LogP contribution in [0, 0.1) is 11.8 Å². The smallest absolute Gasteiger partial charge is 0.463 e. The normalized spacial score (nSPS) is 10.4. The highest BCUT2D eigenvalue weighted by Crippen LogP contribution is 2.35. The van der Waals surface area contributed by atoms with Gasteiger partial charge in [-0.15, -0.1) is 0 Å². The molecule has 15 heteroatoms. The quantitative estimate of drug-likeness (QED) is 0.0391. The molecular weight excluding hydrogens is 703 g/mol. The van der Waals surface area contributed by atoms with E-state index in [9.17, 15) is 37.1 Å². The van der Waals surface area contributed by atoms with E-state index in [1.54, 1.807) is 0 Å². The zero-order valence-electron chi connectivity index (χ0n) is 28.2. The minimum Gasteiger partial charge on any atom is -0.463 e. The standard InChI is InChI=1S/C38H34F3NO11/c1-3-33(43)48-21-5-7-23-50-36(46)52-29-16-11-26(12-17-29)9-10-27-13-20-32(31(25-27)38(39,40)41)42-35(45)28-14-18-30(19-15-28)53-37(47)51-24-8-6-22-49-34(44)4-2/h3-4,11-20,25H,1-2,5-8,21-24H2,(H,42,45). The number of nitrogens with one attached hydrogen (secondary N) is 1. The third kappa shape index (κ3) is 15.1. The maximum absolute atomic E-state index is 14.0. The summed E-state index contributed by atoms with van der Waals surface area (Å²) < 4.78 is 71.5. The van der Waals surface area contributed by atoms with Gasteiger partial charge in [-0.05, 0) is 92.4 Å². The maximum atomic E-state index is 14.0. The van der Waals surface area contributed by atoms with Crippen LogP contribution in [0.25, 0.3) is 0 Å². The molecule has 1 N–H and O–H groups in total. The molecule has 0 aliphatic heterocycles. The van der Waals surface area contributed by atoms with Crippen LogP contribution in [-0.2, 0) is 34.7 Å². The van der Waals surface area contributed by atoms with E-state index < -0.39 is 47.6 Å². The number of esters is 2. The summed E-state index contributed by atoms with van der Waals surface area (Å²) in [6, 6.07) is 14.1. The summed E-state index contributed by atoms with van der Waals surface area (Å²) in [5.41, 5.74) is -1.21. The summed E-state index contributed by atoms with van der Waals surface area (Å²) in [6.45, 7) is 6.89. The molecule has 0 bridgehead atoms. The lowest BCUT2D eigenvalue weighted by atomic mass is 10.1. The number of alkyl halides is 3. The number of anilines is 1. The summed E-state index contributed by atoms with van der Waals surface area (Å²) in [6.07, 6.45) is -2.96. The summed E-state index contributed by atoms with van der Waals surface area (Å²) in [5, 5.41) is 2.25. The summed E-state index contributed by atoms with van der Waals surface area (Å²) >= 11 is 0.